The quantitative estimate of drug-likeness (QED) is 0.824. The van der Waals surface area contributed by atoms with Crippen molar-refractivity contribution in [2.24, 2.45) is 23.7 Å². The fourth-order valence-corrected chi connectivity index (χ4v) is 3.49. The number of carbonyl (C=O) groups excluding carboxylic acids is 1. The van der Waals surface area contributed by atoms with Crippen LogP contribution in [0.1, 0.15) is 18.5 Å². The van der Waals surface area contributed by atoms with Crippen molar-refractivity contribution in [2.75, 3.05) is 0 Å². The Labute approximate surface area is 123 Å². The number of carbonyl (C=O) groups is 2. The monoisotopic (exact) mass is 286 g/mol. The molecule has 3 aliphatic carbocycles. The molecule has 1 amide bonds. The molecule has 21 heavy (non-hydrogen) atoms. The lowest BCUT2D eigenvalue weighted by atomic mass is 9.62. The van der Waals surface area contributed by atoms with Gasteiger partial charge in [-0.15, -0.1) is 0 Å². The van der Waals surface area contributed by atoms with Crippen LogP contribution in [0.2, 0.25) is 0 Å². The summed E-state index contributed by atoms with van der Waals surface area (Å²) >= 11 is 0. The zero-order valence-corrected chi connectivity index (χ0v) is 11.6. The maximum atomic E-state index is 12.4. The molecule has 0 unspecified atom stereocenters. The molecule has 5 nitrogen and oxygen atoms in total. The van der Waals surface area contributed by atoms with Gasteiger partial charge in [0.15, 0.2) is 0 Å². The van der Waals surface area contributed by atoms with Crippen LogP contribution in [0.3, 0.4) is 0 Å². The van der Waals surface area contributed by atoms with E-state index in [1.807, 2.05) is 30.4 Å². The highest BCUT2D eigenvalue weighted by atomic mass is 16.4. The molecular weight excluding hydrogens is 268 g/mol. The summed E-state index contributed by atoms with van der Waals surface area (Å²) in [5.74, 6) is -2.08. The minimum atomic E-state index is -0.868. The Morgan fingerprint density at radius 1 is 1.19 bits per heavy atom. The van der Waals surface area contributed by atoms with Crippen molar-refractivity contribution >= 4 is 11.9 Å². The van der Waals surface area contributed by atoms with E-state index in [1.54, 1.807) is 6.20 Å². The summed E-state index contributed by atoms with van der Waals surface area (Å²) in [6, 6.07) is 5.51. The summed E-state index contributed by atoms with van der Waals surface area (Å²) in [5.41, 5.74) is 0.772. The third kappa shape index (κ3) is 2.68. The first kappa shape index (κ1) is 13.8. The van der Waals surface area contributed by atoms with Crippen molar-refractivity contribution in [1.82, 2.24) is 10.3 Å². The average molecular weight is 286 g/mol. The maximum absolute atomic E-state index is 12.4. The first-order valence-electron chi connectivity index (χ1n) is 7.25. The Balaban J connectivity index is 1.71. The van der Waals surface area contributed by atoms with Crippen molar-refractivity contribution in [3.8, 4) is 0 Å². The highest BCUT2D eigenvalue weighted by Gasteiger charge is 2.48. The van der Waals surface area contributed by atoms with Gasteiger partial charge in [0, 0.05) is 6.20 Å². The number of hydrogen-bond donors (Lipinski definition) is 2. The Morgan fingerprint density at radius 2 is 1.90 bits per heavy atom. The van der Waals surface area contributed by atoms with Gasteiger partial charge in [0.1, 0.15) is 0 Å². The van der Waals surface area contributed by atoms with Crippen LogP contribution in [0.15, 0.2) is 36.5 Å². The Hall–Kier alpha value is -2.17. The molecule has 4 atom stereocenters. The molecule has 0 radical (unpaired) electrons. The van der Waals surface area contributed by atoms with Crippen LogP contribution < -0.4 is 5.32 Å². The molecule has 110 valence electrons. The Bertz CT molecular complexity index is 570. The normalized spacial score (nSPS) is 30.1. The summed E-state index contributed by atoms with van der Waals surface area (Å²) in [5, 5.41) is 12.3. The molecule has 1 saturated carbocycles. The van der Waals surface area contributed by atoms with Crippen LogP contribution in [-0.4, -0.2) is 22.0 Å². The van der Waals surface area contributed by atoms with Gasteiger partial charge in [0.05, 0.1) is 24.1 Å². The highest BCUT2D eigenvalue weighted by molar-refractivity contribution is 5.86. The zero-order valence-electron chi connectivity index (χ0n) is 11.6. The van der Waals surface area contributed by atoms with Crippen LogP contribution in [-0.2, 0) is 16.1 Å². The van der Waals surface area contributed by atoms with E-state index in [0.717, 1.165) is 18.5 Å². The largest absolute Gasteiger partial charge is 0.481 e. The SMILES string of the molecule is O=C(O)[C@@H]1[C@@H](C(=O)NCc2ccccn2)[C@H]2C=C[C@H]1CC2. The number of aliphatic carboxylic acids is 1. The second-order valence-electron chi connectivity index (χ2n) is 5.72. The number of amides is 1. The van der Waals surface area contributed by atoms with Crippen molar-refractivity contribution in [2.45, 2.75) is 19.4 Å². The number of pyridine rings is 1. The third-order valence-corrected chi connectivity index (χ3v) is 4.51. The molecule has 1 aromatic heterocycles. The van der Waals surface area contributed by atoms with Gasteiger partial charge < -0.3 is 10.4 Å². The van der Waals surface area contributed by atoms with E-state index in [1.165, 1.54) is 0 Å². The average Bonchev–Trinajstić information content (AvgIpc) is 2.53. The van der Waals surface area contributed by atoms with Gasteiger partial charge in [-0.05, 0) is 36.8 Å². The van der Waals surface area contributed by atoms with Gasteiger partial charge in [-0.3, -0.25) is 14.6 Å². The summed E-state index contributed by atoms with van der Waals surface area (Å²) in [6.07, 6.45) is 7.41. The van der Waals surface area contributed by atoms with E-state index in [2.05, 4.69) is 10.3 Å². The summed E-state index contributed by atoms with van der Waals surface area (Å²) in [6.45, 7) is 0.337. The minimum absolute atomic E-state index is 0.0156. The van der Waals surface area contributed by atoms with Gasteiger partial charge in [-0.2, -0.15) is 0 Å². The number of allylic oxidation sites excluding steroid dienone is 2. The molecule has 1 fully saturated rings. The topological polar surface area (TPSA) is 79.3 Å². The fraction of sp³-hybridized carbons (Fsp3) is 0.438. The minimum Gasteiger partial charge on any atom is -0.481 e. The number of carboxylic acids is 1. The smallest absolute Gasteiger partial charge is 0.307 e. The van der Waals surface area contributed by atoms with E-state index in [4.69, 9.17) is 0 Å². The highest BCUT2D eigenvalue weighted by Crippen LogP contribution is 2.45. The Morgan fingerprint density at radius 3 is 2.48 bits per heavy atom. The van der Waals surface area contributed by atoms with Crippen LogP contribution in [0.4, 0.5) is 0 Å². The fourth-order valence-electron chi connectivity index (χ4n) is 3.49. The van der Waals surface area contributed by atoms with E-state index in [9.17, 15) is 14.7 Å². The van der Waals surface area contributed by atoms with Gasteiger partial charge in [0.2, 0.25) is 5.91 Å². The van der Waals surface area contributed by atoms with Crippen molar-refractivity contribution in [1.29, 1.82) is 0 Å². The predicted octanol–water partition coefficient (Wildman–Crippen LogP) is 1.61. The third-order valence-electron chi connectivity index (χ3n) is 4.51. The zero-order chi connectivity index (χ0) is 14.8. The number of fused-ring (bicyclic) bond motifs is 2. The lowest BCUT2D eigenvalue weighted by molar-refractivity contribution is -0.153. The van der Waals surface area contributed by atoms with Crippen LogP contribution in [0.25, 0.3) is 0 Å². The molecule has 0 aromatic carbocycles. The first-order valence-corrected chi connectivity index (χ1v) is 7.25. The van der Waals surface area contributed by atoms with E-state index in [0.29, 0.717) is 6.54 Å². The van der Waals surface area contributed by atoms with Crippen molar-refractivity contribution in [3.05, 3.63) is 42.2 Å². The number of aromatic nitrogens is 1. The molecule has 3 aliphatic rings. The molecule has 0 aliphatic heterocycles. The number of nitrogens with one attached hydrogen (secondary N) is 1. The molecule has 1 aromatic rings. The summed E-state index contributed by atoms with van der Waals surface area (Å²) in [7, 11) is 0. The number of hydrogen-bond acceptors (Lipinski definition) is 3. The predicted molar refractivity (Wildman–Crippen MR) is 76.1 cm³/mol. The number of rotatable bonds is 4. The number of carboxylic acid groups (broad SMARTS) is 1. The van der Waals surface area contributed by atoms with E-state index in [-0.39, 0.29) is 17.7 Å². The molecule has 2 N–H and O–H groups in total. The van der Waals surface area contributed by atoms with E-state index < -0.39 is 17.8 Å². The molecule has 4 rings (SSSR count). The van der Waals surface area contributed by atoms with Crippen LogP contribution in [0, 0.1) is 23.7 Å². The van der Waals surface area contributed by atoms with Crippen molar-refractivity contribution in [3.63, 3.8) is 0 Å². The molecular formula is C16H18N2O3. The Kier molecular flexibility index (Phi) is 3.73. The standard InChI is InChI=1S/C16H18N2O3/c19-15(18-9-12-3-1-2-8-17-12)13-10-4-6-11(7-5-10)14(13)16(20)21/h1-4,6,8,10-11,13-14H,5,7,9H2,(H,18,19)(H,20,21)/t10-,11-,13-,14-/m0/s1. The van der Waals surface area contributed by atoms with Crippen molar-refractivity contribution < 1.29 is 14.7 Å². The van der Waals surface area contributed by atoms with Gasteiger partial charge >= 0.3 is 5.97 Å². The van der Waals surface area contributed by atoms with Crippen LogP contribution >= 0.6 is 0 Å². The molecule has 0 spiro atoms. The summed E-state index contributed by atoms with van der Waals surface area (Å²) < 4.78 is 0. The lowest BCUT2D eigenvalue weighted by Crippen LogP contribution is -2.48. The molecule has 2 bridgehead atoms. The van der Waals surface area contributed by atoms with Crippen LogP contribution in [0.5, 0.6) is 0 Å². The molecule has 1 heterocycles. The summed E-state index contributed by atoms with van der Waals surface area (Å²) in [4.78, 5) is 28.1. The van der Waals surface area contributed by atoms with Gasteiger partial charge in [-0.1, -0.05) is 18.2 Å². The lowest BCUT2D eigenvalue weighted by Gasteiger charge is -2.41. The number of nitrogens with zero attached hydrogens (tertiary/aromatic N) is 1. The van der Waals surface area contributed by atoms with E-state index >= 15 is 0 Å². The first-order chi connectivity index (χ1) is 10.2. The second-order valence-corrected chi connectivity index (χ2v) is 5.72. The maximum Gasteiger partial charge on any atom is 0.307 e. The molecule has 0 saturated heterocycles. The van der Waals surface area contributed by atoms with Gasteiger partial charge in [0.25, 0.3) is 0 Å². The second kappa shape index (κ2) is 5.68. The molecule has 5 heteroatoms. The van der Waals surface area contributed by atoms with Gasteiger partial charge in [-0.25, -0.2) is 0 Å².